The van der Waals surface area contributed by atoms with Gasteiger partial charge in [-0.25, -0.2) is 4.79 Å². The third kappa shape index (κ3) is 3.15. The molecule has 0 radical (unpaired) electrons. The SMILES string of the molecule is CC(=O)c1ccc(NC(=O)Nc2cc3ccccc3s2)cc1. The number of amides is 2. The van der Waals surface area contributed by atoms with E-state index in [0.717, 1.165) is 15.1 Å². The van der Waals surface area contributed by atoms with Crippen LogP contribution in [-0.2, 0) is 0 Å². The second-order valence-electron chi connectivity index (χ2n) is 4.86. The summed E-state index contributed by atoms with van der Waals surface area (Å²) in [6.07, 6.45) is 0. The zero-order chi connectivity index (χ0) is 15.5. The highest BCUT2D eigenvalue weighted by atomic mass is 32.1. The lowest BCUT2D eigenvalue weighted by atomic mass is 10.1. The van der Waals surface area contributed by atoms with Gasteiger partial charge in [0.2, 0.25) is 0 Å². The minimum Gasteiger partial charge on any atom is -0.308 e. The molecule has 0 aliphatic rings. The summed E-state index contributed by atoms with van der Waals surface area (Å²) >= 11 is 1.53. The Hall–Kier alpha value is -2.66. The fourth-order valence-electron chi connectivity index (χ4n) is 2.11. The standard InChI is InChI=1S/C17H14N2O2S/c1-11(20)12-6-8-14(9-7-12)18-17(21)19-16-10-13-4-2-3-5-15(13)22-16/h2-10H,1H3,(H2,18,19,21). The lowest BCUT2D eigenvalue weighted by Crippen LogP contribution is -2.18. The summed E-state index contributed by atoms with van der Waals surface area (Å²) in [6.45, 7) is 1.51. The van der Waals surface area contributed by atoms with Crippen LogP contribution in [0.5, 0.6) is 0 Å². The maximum atomic E-state index is 12.0. The molecule has 2 amide bonds. The van der Waals surface area contributed by atoms with Crippen LogP contribution in [0.25, 0.3) is 10.1 Å². The zero-order valence-electron chi connectivity index (χ0n) is 11.9. The highest BCUT2D eigenvalue weighted by Gasteiger charge is 2.06. The van der Waals surface area contributed by atoms with Crippen LogP contribution in [0.15, 0.2) is 54.6 Å². The van der Waals surface area contributed by atoms with Crippen molar-refractivity contribution in [2.45, 2.75) is 6.92 Å². The Morgan fingerprint density at radius 2 is 1.68 bits per heavy atom. The van der Waals surface area contributed by atoms with Crippen LogP contribution in [0.4, 0.5) is 15.5 Å². The molecule has 0 aliphatic heterocycles. The number of benzene rings is 2. The van der Waals surface area contributed by atoms with Gasteiger partial charge < -0.3 is 5.32 Å². The number of rotatable bonds is 3. The van der Waals surface area contributed by atoms with Crippen molar-refractivity contribution in [3.05, 3.63) is 60.2 Å². The maximum Gasteiger partial charge on any atom is 0.324 e. The lowest BCUT2D eigenvalue weighted by Gasteiger charge is -2.06. The fourth-order valence-corrected chi connectivity index (χ4v) is 3.06. The number of hydrogen-bond donors (Lipinski definition) is 2. The Kier molecular flexibility index (Phi) is 3.89. The second-order valence-corrected chi connectivity index (χ2v) is 5.94. The average Bonchev–Trinajstić information content (AvgIpc) is 2.89. The van der Waals surface area contributed by atoms with Crippen LogP contribution in [-0.4, -0.2) is 11.8 Å². The fraction of sp³-hybridized carbons (Fsp3) is 0.0588. The lowest BCUT2D eigenvalue weighted by molar-refractivity contribution is 0.101. The quantitative estimate of drug-likeness (QED) is 0.686. The van der Waals surface area contributed by atoms with E-state index in [1.807, 2.05) is 30.3 Å². The molecule has 0 unspecified atom stereocenters. The van der Waals surface area contributed by atoms with Crippen molar-refractivity contribution in [1.29, 1.82) is 0 Å². The molecule has 1 heterocycles. The number of ketones is 1. The van der Waals surface area contributed by atoms with Gasteiger partial charge in [-0.1, -0.05) is 18.2 Å². The summed E-state index contributed by atoms with van der Waals surface area (Å²) in [5, 5.41) is 7.46. The van der Waals surface area contributed by atoms with Crippen molar-refractivity contribution >= 4 is 43.9 Å². The van der Waals surface area contributed by atoms with Gasteiger partial charge in [0, 0.05) is 16.0 Å². The molecule has 110 valence electrons. The number of thiophene rings is 1. The molecule has 0 bridgehead atoms. The number of carbonyl (C=O) groups excluding carboxylic acids is 2. The van der Waals surface area contributed by atoms with Crippen LogP contribution in [0.1, 0.15) is 17.3 Å². The first-order chi connectivity index (χ1) is 10.6. The van der Waals surface area contributed by atoms with Crippen molar-refractivity contribution in [2.75, 3.05) is 10.6 Å². The molecule has 0 atom stereocenters. The molecule has 2 N–H and O–H groups in total. The van der Waals surface area contributed by atoms with E-state index in [2.05, 4.69) is 10.6 Å². The van der Waals surface area contributed by atoms with Gasteiger partial charge in [0.1, 0.15) is 0 Å². The van der Waals surface area contributed by atoms with Gasteiger partial charge in [0.15, 0.2) is 5.78 Å². The molecule has 0 aliphatic carbocycles. The predicted octanol–water partition coefficient (Wildman–Crippen LogP) is 4.75. The van der Waals surface area contributed by atoms with Gasteiger partial charge in [0.25, 0.3) is 0 Å². The minimum atomic E-state index is -0.304. The number of fused-ring (bicyclic) bond motifs is 1. The van der Waals surface area contributed by atoms with Crippen molar-refractivity contribution in [1.82, 2.24) is 0 Å². The van der Waals surface area contributed by atoms with Crippen LogP contribution < -0.4 is 10.6 Å². The van der Waals surface area contributed by atoms with Crippen molar-refractivity contribution in [3.63, 3.8) is 0 Å². The zero-order valence-corrected chi connectivity index (χ0v) is 12.7. The van der Waals surface area contributed by atoms with E-state index in [1.165, 1.54) is 18.3 Å². The molecule has 2 aromatic carbocycles. The second kappa shape index (κ2) is 5.99. The van der Waals surface area contributed by atoms with E-state index in [9.17, 15) is 9.59 Å². The highest BCUT2D eigenvalue weighted by molar-refractivity contribution is 7.22. The van der Waals surface area contributed by atoms with Gasteiger partial charge in [-0.05, 0) is 48.7 Å². The van der Waals surface area contributed by atoms with E-state index >= 15 is 0 Å². The van der Waals surface area contributed by atoms with Crippen molar-refractivity contribution < 1.29 is 9.59 Å². The molecule has 0 fully saturated rings. The molecule has 22 heavy (non-hydrogen) atoms. The van der Waals surface area contributed by atoms with Crippen molar-refractivity contribution in [3.8, 4) is 0 Å². The first-order valence-corrected chi connectivity index (χ1v) is 7.61. The largest absolute Gasteiger partial charge is 0.324 e. The van der Waals surface area contributed by atoms with Gasteiger partial charge in [-0.2, -0.15) is 0 Å². The van der Waals surface area contributed by atoms with E-state index in [-0.39, 0.29) is 11.8 Å². The summed E-state index contributed by atoms with van der Waals surface area (Å²) in [7, 11) is 0. The van der Waals surface area contributed by atoms with Crippen LogP contribution in [0.3, 0.4) is 0 Å². The first kappa shape index (κ1) is 14.3. The molecule has 5 heteroatoms. The van der Waals surface area contributed by atoms with Gasteiger partial charge in [-0.15, -0.1) is 11.3 Å². The molecule has 4 nitrogen and oxygen atoms in total. The Bertz CT molecular complexity index is 804. The number of urea groups is 1. The van der Waals surface area contributed by atoms with Crippen molar-refractivity contribution in [2.24, 2.45) is 0 Å². The Balaban J connectivity index is 1.68. The van der Waals surface area contributed by atoms with Gasteiger partial charge >= 0.3 is 6.03 Å². The highest BCUT2D eigenvalue weighted by Crippen LogP contribution is 2.29. The number of nitrogens with one attached hydrogen (secondary N) is 2. The molecule has 3 rings (SSSR count). The third-order valence-corrected chi connectivity index (χ3v) is 4.24. The average molecular weight is 310 g/mol. The van der Waals surface area contributed by atoms with Gasteiger partial charge in [-0.3, -0.25) is 10.1 Å². The van der Waals surface area contributed by atoms with Crippen LogP contribution >= 0.6 is 11.3 Å². The van der Waals surface area contributed by atoms with E-state index < -0.39 is 0 Å². The number of hydrogen-bond acceptors (Lipinski definition) is 3. The topological polar surface area (TPSA) is 58.2 Å². The number of anilines is 2. The maximum absolute atomic E-state index is 12.0. The summed E-state index contributed by atoms with van der Waals surface area (Å²) in [4.78, 5) is 23.2. The van der Waals surface area contributed by atoms with Crippen LogP contribution in [0.2, 0.25) is 0 Å². The Morgan fingerprint density at radius 1 is 0.955 bits per heavy atom. The van der Waals surface area contributed by atoms with E-state index in [0.29, 0.717) is 11.3 Å². The minimum absolute atomic E-state index is 0.00118. The molecular weight excluding hydrogens is 296 g/mol. The molecule has 0 saturated heterocycles. The number of Topliss-reactive ketones (excluding diaryl/α,β-unsaturated/α-hetero) is 1. The monoisotopic (exact) mass is 310 g/mol. The Morgan fingerprint density at radius 3 is 2.36 bits per heavy atom. The first-order valence-electron chi connectivity index (χ1n) is 6.79. The predicted molar refractivity (Wildman–Crippen MR) is 90.9 cm³/mol. The summed E-state index contributed by atoms with van der Waals surface area (Å²) in [6, 6.07) is 16.4. The summed E-state index contributed by atoms with van der Waals surface area (Å²) in [5.41, 5.74) is 1.26. The molecule has 3 aromatic rings. The third-order valence-electron chi connectivity index (χ3n) is 3.21. The smallest absolute Gasteiger partial charge is 0.308 e. The molecule has 0 spiro atoms. The molecule has 0 saturated carbocycles. The Labute approximate surface area is 131 Å². The van der Waals surface area contributed by atoms with Crippen LogP contribution in [0, 0.1) is 0 Å². The van der Waals surface area contributed by atoms with Gasteiger partial charge in [0.05, 0.1) is 5.00 Å². The summed E-state index contributed by atoms with van der Waals surface area (Å²) < 4.78 is 1.13. The molecule has 1 aromatic heterocycles. The molecular formula is C17H14N2O2S. The van der Waals surface area contributed by atoms with E-state index in [4.69, 9.17) is 0 Å². The number of carbonyl (C=O) groups is 2. The normalized spacial score (nSPS) is 10.4. The summed E-state index contributed by atoms with van der Waals surface area (Å²) in [5.74, 6) is 0.00118. The van der Waals surface area contributed by atoms with E-state index in [1.54, 1.807) is 24.3 Å².